The minimum Gasteiger partial charge on any atom is -0.357 e. The molecule has 0 fully saturated rings. The summed E-state index contributed by atoms with van der Waals surface area (Å²) in [5.41, 5.74) is 0.916. The van der Waals surface area contributed by atoms with E-state index in [1.807, 2.05) is 13.0 Å². The van der Waals surface area contributed by atoms with E-state index in [0.29, 0.717) is 6.54 Å². The van der Waals surface area contributed by atoms with E-state index in [-0.39, 0.29) is 5.69 Å². The Bertz CT molecular complexity index is 465. The Labute approximate surface area is 123 Å². The topological polar surface area (TPSA) is 79.6 Å². The van der Waals surface area contributed by atoms with Crippen molar-refractivity contribution >= 4 is 23.4 Å². The number of nitro benzene ring substituents is 1. The van der Waals surface area contributed by atoms with Crippen LogP contribution in [0.1, 0.15) is 12.5 Å². The lowest BCUT2D eigenvalue weighted by molar-refractivity contribution is -0.384. The summed E-state index contributed by atoms with van der Waals surface area (Å²) < 4.78 is 0. The van der Waals surface area contributed by atoms with Gasteiger partial charge in [0.05, 0.1) is 11.5 Å². The van der Waals surface area contributed by atoms with E-state index in [2.05, 4.69) is 21.9 Å². The van der Waals surface area contributed by atoms with Crippen molar-refractivity contribution in [2.45, 2.75) is 13.5 Å². The maximum absolute atomic E-state index is 10.7. The molecule has 0 atom stereocenters. The lowest BCUT2D eigenvalue weighted by Crippen LogP contribution is -2.38. The molecule has 110 valence electrons. The molecule has 1 rings (SSSR count). The molecule has 6 nitrogen and oxygen atoms in total. The van der Waals surface area contributed by atoms with Gasteiger partial charge in [0.1, 0.15) is 0 Å². The number of nitrogens with zero attached hydrogens (tertiary/aromatic N) is 2. The van der Waals surface area contributed by atoms with Crippen LogP contribution in [0.15, 0.2) is 29.3 Å². The minimum absolute atomic E-state index is 0.0954. The van der Waals surface area contributed by atoms with Crippen LogP contribution in [-0.4, -0.2) is 36.0 Å². The highest BCUT2D eigenvalue weighted by Crippen LogP contribution is 2.13. The first-order valence-corrected chi connectivity index (χ1v) is 7.81. The molecule has 0 saturated carbocycles. The number of benzene rings is 1. The Hall–Kier alpha value is -1.76. The Morgan fingerprint density at radius 2 is 2.25 bits per heavy atom. The van der Waals surface area contributed by atoms with Crippen molar-refractivity contribution in [2.75, 3.05) is 25.1 Å². The van der Waals surface area contributed by atoms with Crippen molar-refractivity contribution in [3.05, 3.63) is 39.9 Å². The van der Waals surface area contributed by atoms with Crippen LogP contribution in [0.5, 0.6) is 0 Å². The molecule has 0 aliphatic carbocycles. The number of non-ortho nitro benzene ring substituents is 1. The average molecular weight is 296 g/mol. The molecule has 0 heterocycles. The van der Waals surface area contributed by atoms with Crippen LogP contribution in [0.2, 0.25) is 0 Å². The number of nitro groups is 1. The zero-order chi connectivity index (χ0) is 14.8. The predicted molar refractivity (Wildman–Crippen MR) is 84.3 cm³/mol. The second-order valence-corrected chi connectivity index (χ2v) is 5.03. The number of guanidine groups is 1. The van der Waals surface area contributed by atoms with Crippen LogP contribution >= 0.6 is 11.8 Å². The summed E-state index contributed by atoms with van der Waals surface area (Å²) in [6.45, 7) is 4.03. The average Bonchev–Trinajstić information content (AvgIpc) is 2.45. The third-order valence-corrected chi connectivity index (χ3v) is 3.10. The molecule has 0 aliphatic rings. The smallest absolute Gasteiger partial charge is 0.269 e. The fraction of sp³-hybridized carbons (Fsp3) is 0.462. The molecule has 1 aromatic rings. The fourth-order valence-electron chi connectivity index (χ4n) is 1.55. The number of thioether (sulfide) groups is 1. The molecule has 0 saturated heterocycles. The molecule has 0 aromatic heterocycles. The Kier molecular flexibility index (Phi) is 7.49. The summed E-state index contributed by atoms with van der Waals surface area (Å²) in [5.74, 6) is 1.73. The fourth-order valence-corrected chi connectivity index (χ4v) is 1.86. The number of nitrogens with one attached hydrogen (secondary N) is 2. The summed E-state index contributed by atoms with van der Waals surface area (Å²) in [4.78, 5) is 14.7. The van der Waals surface area contributed by atoms with Gasteiger partial charge in [-0.2, -0.15) is 11.8 Å². The molecule has 20 heavy (non-hydrogen) atoms. The van der Waals surface area contributed by atoms with Crippen LogP contribution in [0.4, 0.5) is 5.69 Å². The maximum atomic E-state index is 10.7. The molecule has 0 radical (unpaired) electrons. The molecular formula is C13H20N4O2S. The van der Waals surface area contributed by atoms with Crippen LogP contribution in [0.3, 0.4) is 0 Å². The van der Waals surface area contributed by atoms with Crippen molar-refractivity contribution in [1.29, 1.82) is 0 Å². The third kappa shape index (κ3) is 5.92. The van der Waals surface area contributed by atoms with E-state index in [4.69, 9.17) is 0 Å². The zero-order valence-electron chi connectivity index (χ0n) is 11.8. The second kappa shape index (κ2) is 9.19. The van der Waals surface area contributed by atoms with Gasteiger partial charge in [-0.25, -0.2) is 4.99 Å². The monoisotopic (exact) mass is 296 g/mol. The summed E-state index contributed by atoms with van der Waals surface area (Å²) >= 11 is 1.76. The number of rotatable bonds is 7. The second-order valence-electron chi connectivity index (χ2n) is 4.04. The van der Waals surface area contributed by atoms with Crippen LogP contribution < -0.4 is 10.6 Å². The zero-order valence-corrected chi connectivity index (χ0v) is 12.6. The number of hydrogen-bond donors (Lipinski definition) is 2. The molecule has 0 bridgehead atoms. The molecule has 0 amide bonds. The van der Waals surface area contributed by atoms with Crippen molar-refractivity contribution in [1.82, 2.24) is 10.6 Å². The summed E-state index contributed by atoms with van der Waals surface area (Å²) in [5, 5.41) is 17.1. The highest BCUT2D eigenvalue weighted by Gasteiger charge is 2.05. The molecule has 0 aliphatic heterocycles. The normalized spacial score (nSPS) is 11.2. The maximum Gasteiger partial charge on any atom is 0.269 e. The van der Waals surface area contributed by atoms with E-state index in [0.717, 1.165) is 30.4 Å². The van der Waals surface area contributed by atoms with E-state index in [1.54, 1.807) is 23.9 Å². The van der Waals surface area contributed by atoms with Gasteiger partial charge in [0.15, 0.2) is 5.96 Å². The summed E-state index contributed by atoms with van der Waals surface area (Å²) in [6, 6.07) is 6.54. The Morgan fingerprint density at radius 3 is 2.90 bits per heavy atom. The Morgan fingerprint density at radius 1 is 1.45 bits per heavy atom. The molecule has 0 unspecified atom stereocenters. The van der Waals surface area contributed by atoms with Gasteiger partial charge in [-0.15, -0.1) is 0 Å². The molecule has 2 N–H and O–H groups in total. The van der Waals surface area contributed by atoms with Crippen LogP contribution in [0.25, 0.3) is 0 Å². The van der Waals surface area contributed by atoms with E-state index in [1.165, 1.54) is 6.07 Å². The van der Waals surface area contributed by atoms with Crippen LogP contribution in [0, 0.1) is 10.1 Å². The van der Waals surface area contributed by atoms with Crippen molar-refractivity contribution in [2.24, 2.45) is 4.99 Å². The van der Waals surface area contributed by atoms with Crippen LogP contribution in [-0.2, 0) is 6.54 Å². The highest BCUT2D eigenvalue weighted by atomic mass is 32.2. The summed E-state index contributed by atoms with van der Waals surface area (Å²) in [7, 11) is 0. The van der Waals surface area contributed by atoms with E-state index >= 15 is 0 Å². The SMILES string of the molecule is CCNC(=NCc1cccc([N+](=O)[O-])c1)NCCSC. The van der Waals surface area contributed by atoms with E-state index in [9.17, 15) is 10.1 Å². The van der Waals surface area contributed by atoms with Crippen molar-refractivity contribution in [3.8, 4) is 0 Å². The van der Waals surface area contributed by atoms with Gasteiger partial charge >= 0.3 is 0 Å². The first-order valence-electron chi connectivity index (χ1n) is 6.41. The number of aliphatic imine (C=N–C) groups is 1. The predicted octanol–water partition coefficient (Wildman–Crippen LogP) is 2.01. The van der Waals surface area contributed by atoms with Gasteiger partial charge in [-0.3, -0.25) is 10.1 Å². The third-order valence-electron chi connectivity index (χ3n) is 2.48. The molecular weight excluding hydrogens is 276 g/mol. The van der Waals surface area contributed by atoms with Gasteiger partial charge in [0, 0.05) is 31.0 Å². The Balaban J connectivity index is 2.65. The highest BCUT2D eigenvalue weighted by molar-refractivity contribution is 7.98. The van der Waals surface area contributed by atoms with Gasteiger partial charge in [0.2, 0.25) is 0 Å². The molecule has 1 aromatic carbocycles. The quantitative estimate of drug-likeness (QED) is 0.264. The van der Waals surface area contributed by atoms with Gasteiger partial charge in [-0.1, -0.05) is 12.1 Å². The lowest BCUT2D eigenvalue weighted by Gasteiger charge is -2.10. The van der Waals surface area contributed by atoms with Gasteiger partial charge < -0.3 is 10.6 Å². The van der Waals surface area contributed by atoms with Gasteiger partial charge in [0.25, 0.3) is 5.69 Å². The first kappa shape index (κ1) is 16.3. The first-order chi connectivity index (χ1) is 9.67. The standard InChI is InChI=1S/C13H20N4O2S/c1-3-14-13(15-7-8-20-2)16-10-11-5-4-6-12(9-11)17(18)19/h4-6,9H,3,7-8,10H2,1-2H3,(H2,14,15,16). The molecule has 7 heteroatoms. The molecule has 0 spiro atoms. The van der Waals surface area contributed by atoms with Gasteiger partial charge in [-0.05, 0) is 18.7 Å². The summed E-state index contributed by atoms with van der Waals surface area (Å²) in [6.07, 6.45) is 2.05. The van der Waals surface area contributed by atoms with Crippen molar-refractivity contribution in [3.63, 3.8) is 0 Å². The largest absolute Gasteiger partial charge is 0.357 e. The lowest BCUT2D eigenvalue weighted by atomic mass is 10.2. The van der Waals surface area contributed by atoms with E-state index < -0.39 is 4.92 Å². The number of hydrogen-bond acceptors (Lipinski definition) is 4. The minimum atomic E-state index is -0.394. The van der Waals surface area contributed by atoms with Crippen molar-refractivity contribution < 1.29 is 4.92 Å².